The first-order chi connectivity index (χ1) is 3.41. The van der Waals surface area contributed by atoms with Crippen molar-refractivity contribution in [2.24, 2.45) is 0 Å². The molecule has 2 heteroatoms. The van der Waals surface area contributed by atoms with Gasteiger partial charge in [0, 0.05) is 6.54 Å². The zero-order valence-corrected chi connectivity index (χ0v) is 4.52. The first-order valence-corrected chi connectivity index (χ1v) is 2.32. The number of nitrogens with one attached hydrogen (secondary N) is 1. The van der Waals surface area contributed by atoms with Crippen LogP contribution in [0.3, 0.4) is 0 Å². The van der Waals surface area contributed by atoms with Crippen molar-refractivity contribution in [1.29, 1.82) is 0 Å². The van der Waals surface area contributed by atoms with Gasteiger partial charge in [-0.15, -0.1) is 0 Å². The van der Waals surface area contributed by atoms with Crippen molar-refractivity contribution in [1.82, 2.24) is 5.32 Å². The second-order valence-electron chi connectivity index (χ2n) is 1.21. The van der Waals surface area contributed by atoms with Crippen LogP contribution in [0, 0.1) is 0 Å². The number of aliphatic hydroxyl groups excluding tert-OH is 1. The van der Waals surface area contributed by atoms with Crippen molar-refractivity contribution < 1.29 is 5.11 Å². The minimum atomic E-state index is 0.141. The van der Waals surface area contributed by atoms with Gasteiger partial charge in [-0.05, 0) is 7.05 Å². The lowest BCUT2D eigenvalue weighted by Gasteiger charge is -1.83. The standard InChI is InChI=1S/C5H11NO/c1-6-4-2-3-5-7/h2-3,6-7H,4-5H2,1H3/b3-2+. The summed E-state index contributed by atoms with van der Waals surface area (Å²) in [5.41, 5.74) is 0. The van der Waals surface area contributed by atoms with Gasteiger partial charge in [0.05, 0.1) is 6.61 Å². The summed E-state index contributed by atoms with van der Waals surface area (Å²) in [6.45, 7) is 0.974. The Hall–Kier alpha value is -0.340. The summed E-state index contributed by atoms with van der Waals surface area (Å²) in [6.07, 6.45) is 3.58. The van der Waals surface area contributed by atoms with Crippen LogP contribution >= 0.6 is 0 Å². The van der Waals surface area contributed by atoms with Crippen LogP contribution in [0.25, 0.3) is 0 Å². The molecule has 7 heavy (non-hydrogen) atoms. The molecule has 0 aliphatic carbocycles. The number of rotatable bonds is 3. The zero-order chi connectivity index (χ0) is 5.54. The topological polar surface area (TPSA) is 32.3 Å². The Balaban J connectivity index is 2.78. The molecule has 0 saturated heterocycles. The smallest absolute Gasteiger partial charge is 0.0612 e. The maximum Gasteiger partial charge on any atom is 0.0612 e. The Morgan fingerprint density at radius 2 is 2.29 bits per heavy atom. The molecule has 0 fully saturated rings. The number of hydrogen-bond acceptors (Lipinski definition) is 2. The molecule has 0 unspecified atom stereocenters. The molecule has 0 aromatic rings. The minimum absolute atomic E-state index is 0.141. The third-order valence-corrected chi connectivity index (χ3v) is 0.594. The monoisotopic (exact) mass is 101 g/mol. The van der Waals surface area contributed by atoms with Gasteiger partial charge in [-0.3, -0.25) is 0 Å². The summed E-state index contributed by atoms with van der Waals surface area (Å²) < 4.78 is 0. The van der Waals surface area contributed by atoms with Crippen molar-refractivity contribution >= 4 is 0 Å². The summed E-state index contributed by atoms with van der Waals surface area (Å²) in [5.74, 6) is 0. The van der Waals surface area contributed by atoms with Crippen LogP contribution < -0.4 is 5.32 Å². The molecule has 0 saturated carbocycles. The van der Waals surface area contributed by atoms with E-state index in [1.54, 1.807) is 6.08 Å². The maximum atomic E-state index is 8.18. The first kappa shape index (κ1) is 6.66. The summed E-state index contributed by atoms with van der Waals surface area (Å²) in [4.78, 5) is 0. The lowest BCUT2D eigenvalue weighted by atomic mass is 10.5. The van der Waals surface area contributed by atoms with Gasteiger partial charge < -0.3 is 10.4 Å². The normalized spacial score (nSPS) is 10.6. The van der Waals surface area contributed by atoms with Gasteiger partial charge in [0.1, 0.15) is 0 Å². The average Bonchev–Trinajstić information content (AvgIpc) is 1.69. The predicted octanol–water partition coefficient (Wildman–Crippen LogP) is -0.246. The first-order valence-electron chi connectivity index (χ1n) is 2.32. The molecule has 0 amide bonds. The van der Waals surface area contributed by atoms with Gasteiger partial charge in [-0.2, -0.15) is 0 Å². The van der Waals surface area contributed by atoms with Crippen LogP contribution in [0.5, 0.6) is 0 Å². The third-order valence-electron chi connectivity index (χ3n) is 0.594. The van der Waals surface area contributed by atoms with Crippen LogP contribution in [0.1, 0.15) is 0 Å². The highest BCUT2D eigenvalue weighted by molar-refractivity contribution is 4.81. The van der Waals surface area contributed by atoms with Gasteiger partial charge in [-0.25, -0.2) is 0 Å². The number of likely N-dealkylation sites (N-methyl/N-ethyl adjacent to an activating group) is 1. The Kier molecular flexibility index (Phi) is 5.39. The van der Waals surface area contributed by atoms with Crippen molar-refractivity contribution in [3.05, 3.63) is 12.2 Å². The Morgan fingerprint density at radius 3 is 2.71 bits per heavy atom. The molecule has 0 rings (SSSR count). The Morgan fingerprint density at radius 1 is 1.57 bits per heavy atom. The highest BCUT2D eigenvalue weighted by atomic mass is 16.2. The third kappa shape index (κ3) is 5.66. The van der Waals surface area contributed by atoms with E-state index in [4.69, 9.17) is 5.11 Å². The molecule has 0 spiro atoms. The van der Waals surface area contributed by atoms with E-state index >= 15 is 0 Å². The summed E-state index contributed by atoms with van der Waals surface area (Å²) >= 11 is 0. The van der Waals surface area contributed by atoms with Crippen molar-refractivity contribution in [3.63, 3.8) is 0 Å². The summed E-state index contributed by atoms with van der Waals surface area (Å²) in [7, 11) is 1.86. The van der Waals surface area contributed by atoms with Gasteiger partial charge in [0.25, 0.3) is 0 Å². The second-order valence-corrected chi connectivity index (χ2v) is 1.21. The molecule has 0 aliphatic rings. The lowest BCUT2D eigenvalue weighted by molar-refractivity contribution is 0.342. The van der Waals surface area contributed by atoms with Crippen LogP contribution in [0.4, 0.5) is 0 Å². The molecule has 42 valence electrons. The largest absolute Gasteiger partial charge is 0.392 e. The molecular formula is C5H11NO. The summed E-state index contributed by atoms with van der Waals surface area (Å²) in [6, 6.07) is 0. The molecule has 0 aromatic carbocycles. The molecular weight excluding hydrogens is 90.1 g/mol. The molecule has 2 N–H and O–H groups in total. The van der Waals surface area contributed by atoms with E-state index in [-0.39, 0.29) is 6.61 Å². The van der Waals surface area contributed by atoms with Crippen LogP contribution in [0.15, 0.2) is 12.2 Å². The number of aliphatic hydroxyl groups is 1. The fourth-order valence-electron chi connectivity index (χ4n) is 0.276. The maximum absolute atomic E-state index is 8.18. The molecule has 0 bridgehead atoms. The highest BCUT2D eigenvalue weighted by Gasteiger charge is 1.65. The van der Waals surface area contributed by atoms with E-state index in [2.05, 4.69) is 5.32 Å². The van der Waals surface area contributed by atoms with E-state index in [9.17, 15) is 0 Å². The van der Waals surface area contributed by atoms with Gasteiger partial charge in [-0.1, -0.05) is 12.2 Å². The predicted molar refractivity (Wildman–Crippen MR) is 30.2 cm³/mol. The minimum Gasteiger partial charge on any atom is -0.392 e. The van der Waals surface area contributed by atoms with E-state index in [0.717, 1.165) is 6.54 Å². The van der Waals surface area contributed by atoms with Gasteiger partial charge in [0.15, 0.2) is 0 Å². The molecule has 0 aliphatic heterocycles. The van der Waals surface area contributed by atoms with E-state index in [0.29, 0.717) is 0 Å². The summed E-state index contributed by atoms with van der Waals surface area (Å²) in [5, 5.41) is 11.1. The molecule has 0 aromatic heterocycles. The SMILES string of the molecule is CNC/C=C/CO. The Labute approximate surface area is 43.9 Å². The average molecular weight is 101 g/mol. The van der Waals surface area contributed by atoms with E-state index in [1.165, 1.54) is 0 Å². The fraction of sp³-hybridized carbons (Fsp3) is 0.600. The van der Waals surface area contributed by atoms with Crippen molar-refractivity contribution in [2.75, 3.05) is 20.2 Å². The lowest BCUT2D eigenvalue weighted by Crippen LogP contribution is -2.03. The van der Waals surface area contributed by atoms with E-state index < -0.39 is 0 Å². The molecule has 2 nitrogen and oxygen atoms in total. The molecule has 0 heterocycles. The second kappa shape index (κ2) is 5.66. The molecule has 0 atom stereocenters. The Bertz CT molecular complexity index is 52.0. The fourth-order valence-corrected chi connectivity index (χ4v) is 0.276. The highest BCUT2D eigenvalue weighted by Crippen LogP contribution is 1.64. The zero-order valence-electron chi connectivity index (χ0n) is 4.52. The number of hydrogen-bond donors (Lipinski definition) is 2. The van der Waals surface area contributed by atoms with Crippen molar-refractivity contribution in [3.8, 4) is 0 Å². The van der Waals surface area contributed by atoms with Gasteiger partial charge in [0.2, 0.25) is 0 Å². The van der Waals surface area contributed by atoms with Crippen LogP contribution in [0.2, 0.25) is 0 Å². The van der Waals surface area contributed by atoms with E-state index in [1.807, 2.05) is 13.1 Å². The van der Waals surface area contributed by atoms with Crippen LogP contribution in [-0.2, 0) is 0 Å². The molecule has 0 radical (unpaired) electrons. The van der Waals surface area contributed by atoms with Crippen LogP contribution in [-0.4, -0.2) is 25.3 Å². The van der Waals surface area contributed by atoms with Crippen molar-refractivity contribution in [2.45, 2.75) is 0 Å². The van der Waals surface area contributed by atoms with Gasteiger partial charge >= 0.3 is 0 Å². The quantitative estimate of drug-likeness (QED) is 0.481.